The molecular weight excluding hydrogens is 361 g/mol. The van der Waals surface area contributed by atoms with E-state index in [0.29, 0.717) is 16.6 Å². The maximum Gasteiger partial charge on any atom is 0.0935 e. The Labute approximate surface area is 147 Å². The van der Waals surface area contributed by atoms with Gasteiger partial charge in [-0.2, -0.15) is 5.10 Å². The van der Waals surface area contributed by atoms with Crippen LogP contribution >= 0.6 is 46.1 Å². The van der Waals surface area contributed by atoms with Gasteiger partial charge < -0.3 is 5.73 Å². The molecule has 3 aromatic rings. The third-order valence-corrected chi connectivity index (χ3v) is 5.13. The quantitative estimate of drug-likeness (QED) is 0.675. The van der Waals surface area contributed by atoms with Gasteiger partial charge in [-0.25, -0.2) is 4.68 Å². The summed E-state index contributed by atoms with van der Waals surface area (Å²) in [6.07, 6.45) is 0. The molecular formula is C15H12Cl3N3S. The number of hydrogen-bond acceptors (Lipinski definition) is 3. The minimum atomic E-state index is 0.357. The molecule has 114 valence electrons. The predicted molar refractivity (Wildman–Crippen MR) is 94.5 cm³/mol. The van der Waals surface area contributed by atoms with Crippen molar-refractivity contribution in [1.82, 2.24) is 9.78 Å². The lowest BCUT2D eigenvalue weighted by Crippen LogP contribution is -2.02. The number of halogens is 3. The monoisotopic (exact) mass is 371 g/mol. The fraction of sp³-hybridized carbons (Fsp3) is 0.133. The van der Waals surface area contributed by atoms with E-state index in [1.165, 1.54) is 11.3 Å². The Morgan fingerprint density at radius 3 is 2.55 bits per heavy atom. The molecule has 0 saturated heterocycles. The van der Waals surface area contributed by atoms with Crippen molar-refractivity contribution in [3.8, 4) is 16.3 Å². The topological polar surface area (TPSA) is 43.8 Å². The Bertz CT molecular complexity index is 839. The highest BCUT2D eigenvalue weighted by Gasteiger charge is 2.19. The molecule has 0 amide bonds. The van der Waals surface area contributed by atoms with Gasteiger partial charge in [-0.15, -0.1) is 11.3 Å². The summed E-state index contributed by atoms with van der Waals surface area (Å²) in [5.41, 5.74) is 9.35. The van der Waals surface area contributed by atoms with E-state index < -0.39 is 0 Å². The van der Waals surface area contributed by atoms with Crippen molar-refractivity contribution in [1.29, 1.82) is 0 Å². The SMILES string of the molecule is Cc1c(CN)nn(-c2ccc(Cl)cc2Cl)c1-c1ccc(Cl)s1. The van der Waals surface area contributed by atoms with E-state index in [9.17, 15) is 0 Å². The van der Waals surface area contributed by atoms with Crippen LogP contribution in [0.1, 0.15) is 11.3 Å². The molecule has 0 aliphatic heterocycles. The summed E-state index contributed by atoms with van der Waals surface area (Å²) < 4.78 is 2.52. The predicted octanol–water partition coefficient (Wildman–Crippen LogP) is 5.33. The minimum Gasteiger partial charge on any atom is -0.325 e. The molecule has 2 heterocycles. The molecule has 0 saturated carbocycles. The first kappa shape index (κ1) is 15.8. The highest BCUT2D eigenvalue weighted by atomic mass is 35.5. The zero-order valence-corrected chi connectivity index (χ0v) is 14.7. The standard InChI is InChI=1S/C15H12Cl3N3S/c1-8-11(7-19)20-21(12-3-2-9(16)6-10(12)17)15(8)13-4-5-14(18)22-13/h2-6H,7,19H2,1H3. The number of nitrogens with zero attached hydrogens (tertiary/aromatic N) is 2. The van der Waals surface area contributed by atoms with Gasteiger partial charge >= 0.3 is 0 Å². The molecule has 3 nitrogen and oxygen atoms in total. The largest absolute Gasteiger partial charge is 0.325 e. The number of benzene rings is 1. The third kappa shape index (κ3) is 2.77. The molecule has 2 aromatic heterocycles. The van der Waals surface area contributed by atoms with Gasteiger partial charge in [-0.1, -0.05) is 34.8 Å². The molecule has 0 atom stereocenters. The lowest BCUT2D eigenvalue weighted by molar-refractivity contribution is 0.839. The first-order valence-electron chi connectivity index (χ1n) is 6.51. The zero-order valence-electron chi connectivity index (χ0n) is 11.6. The molecule has 0 unspecified atom stereocenters. The summed E-state index contributed by atoms with van der Waals surface area (Å²) >= 11 is 19.9. The van der Waals surface area contributed by atoms with E-state index in [1.54, 1.807) is 16.8 Å². The van der Waals surface area contributed by atoms with Crippen molar-refractivity contribution >= 4 is 46.1 Å². The van der Waals surface area contributed by atoms with Crippen LogP contribution in [0.15, 0.2) is 30.3 Å². The maximum atomic E-state index is 6.33. The van der Waals surface area contributed by atoms with E-state index in [1.807, 2.05) is 25.1 Å². The first-order chi connectivity index (χ1) is 10.5. The van der Waals surface area contributed by atoms with Crippen LogP contribution in [0.25, 0.3) is 16.3 Å². The van der Waals surface area contributed by atoms with Crippen LogP contribution in [-0.2, 0) is 6.54 Å². The zero-order chi connectivity index (χ0) is 15.9. The van der Waals surface area contributed by atoms with Crippen molar-refractivity contribution in [3.63, 3.8) is 0 Å². The van der Waals surface area contributed by atoms with Gasteiger partial charge in [0.05, 0.1) is 31.3 Å². The smallest absolute Gasteiger partial charge is 0.0935 e. The number of nitrogens with two attached hydrogens (primary N) is 1. The summed E-state index contributed by atoms with van der Waals surface area (Å²) in [6, 6.07) is 9.16. The van der Waals surface area contributed by atoms with Gasteiger partial charge in [0.2, 0.25) is 0 Å². The fourth-order valence-electron chi connectivity index (χ4n) is 2.29. The molecule has 0 bridgehead atoms. The lowest BCUT2D eigenvalue weighted by Gasteiger charge is -2.09. The van der Waals surface area contributed by atoms with Gasteiger partial charge in [0.15, 0.2) is 0 Å². The second-order valence-corrected chi connectivity index (χ2v) is 7.29. The molecule has 0 spiro atoms. The molecule has 0 fully saturated rings. The highest BCUT2D eigenvalue weighted by molar-refractivity contribution is 7.19. The Morgan fingerprint density at radius 1 is 1.18 bits per heavy atom. The number of aromatic nitrogens is 2. The first-order valence-corrected chi connectivity index (χ1v) is 8.46. The van der Waals surface area contributed by atoms with Crippen LogP contribution in [0, 0.1) is 6.92 Å². The number of rotatable bonds is 3. The second-order valence-electron chi connectivity index (χ2n) is 4.74. The summed E-state index contributed by atoms with van der Waals surface area (Å²) in [4.78, 5) is 1.01. The summed E-state index contributed by atoms with van der Waals surface area (Å²) in [5.74, 6) is 0. The van der Waals surface area contributed by atoms with Gasteiger partial charge in [0.1, 0.15) is 0 Å². The van der Waals surface area contributed by atoms with E-state index in [2.05, 4.69) is 5.10 Å². The van der Waals surface area contributed by atoms with Crippen LogP contribution in [-0.4, -0.2) is 9.78 Å². The summed E-state index contributed by atoms with van der Waals surface area (Å²) in [6.45, 7) is 2.36. The van der Waals surface area contributed by atoms with Crippen molar-refractivity contribution in [2.75, 3.05) is 0 Å². The van der Waals surface area contributed by atoms with Crippen molar-refractivity contribution in [3.05, 3.63) is 56.0 Å². The van der Waals surface area contributed by atoms with E-state index in [4.69, 9.17) is 40.5 Å². The molecule has 2 N–H and O–H groups in total. The van der Waals surface area contributed by atoms with Gasteiger partial charge in [-0.3, -0.25) is 0 Å². The molecule has 0 aliphatic carbocycles. The molecule has 0 aliphatic rings. The lowest BCUT2D eigenvalue weighted by atomic mass is 10.1. The number of thiophene rings is 1. The Balaban J connectivity index is 2.27. The van der Waals surface area contributed by atoms with Crippen molar-refractivity contribution < 1.29 is 0 Å². The van der Waals surface area contributed by atoms with Crippen LogP contribution in [0.2, 0.25) is 14.4 Å². The second kappa shape index (κ2) is 6.22. The Hall–Kier alpha value is -1.04. The average molecular weight is 373 g/mol. The average Bonchev–Trinajstić information content (AvgIpc) is 3.02. The summed E-state index contributed by atoms with van der Waals surface area (Å²) in [7, 11) is 0. The molecule has 3 rings (SSSR count). The van der Waals surface area contributed by atoms with Crippen LogP contribution < -0.4 is 5.73 Å². The molecule has 1 aromatic carbocycles. The van der Waals surface area contributed by atoms with Gasteiger partial charge in [0, 0.05) is 17.1 Å². The molecule has 7 heteroatoms. The Morgan fingerprint density at radius 2 is 1.95 bits per heavy atom. The van der Waals surface area contributed by atoms with Gasteiger partial charge in [-0.05, 0) is 37.3 Å². The fourth-order valence-corrected chi connectivity index (χ4v) is 3.91. The molecule has 22 heavy (non-hydrogen) atoms. The summed E-state index contributed by atoms with van der Waals surface area (Å²) in [5, 5.41) is 5.71. The van der Waals surface area contributed by atoms with Crippen LogP contribution in [0.3, 0.4) is 0 Å². The molecule has 0 radical (unpaired) electrons. The van der Waals surface area contributed by atoms with Crippen molar-refractivity contribution in [2.45, 2.75) is 13.5 Å². The third-order valence-electron chi connectivity index (χ3n) is 3.36. The normalized spacial score (nSPS) is 11.1. The maximum absolute atomic E-state index is 6.33. The van der Waals surface area contributed by atoms with Crippen LogP contribution in [0.4, 0.5) is 0 Å². The van der Waals surface area contributed by atoms with Gasteiger partial charge in [0.25, 0.3) is 0 Å². The van der Waals surface area contributed by atoms with E-state index >= 15 is 0 Å². The van der Waals surface area contributed by atoms with E-state index in [0.717, 1.165) is 31.9 Å². The number of hydrogen-bond donors (Lipinski definition) is 1. The minimum absolute atomic E-state index is 0.357. The van der Waals surface area contributed by atoms with Crippen LogP contribution in [0.5, 0.6) is 0 Å². The van der Waals surface area contributed by atoms with Crippen molar-refractivity contribution in [2.24, 2.45) is 5.73 Å². The van der Waals surface area contributed by atoms with E-state index in [-0.39, 0.29) is 0 Å². The Kier molecular flexibility index (Phi) is 4.48. The highest BCUT2D eigenvalue weighted by Crippen LogP contribution is 2.37.